The van der Waals surface area contributed by atoms with Gasteiger partial charge in [-0.25, -0.2) is 0 Å². The predicted octanol–water partition coefficient (Wildman–Crippen LogP) is 4.14. The van der Waals surface area contributed by atoms with Gasteiger partial charge in [-0.3, -0.25) is 0 Å². The third kappa shape index (κ3) is 4.59. The molecule has 0 atom stereocenters. The average molecular weight is 367 g/mol. The topological polar surface area (TPSA) is 40.6 Å². The van der Waals surface area contributed by atoms with Gasteiger partial charge in [0.1, 0.15) is 0 Å². The van der Waals surface area contributed by atoms with Gasteiger partial charge in [0.05, 0.1) is 0 Å². The SMILES string of the molecule is CCCC[Se]C(=O)N(C(=O)N1CCCCC1)c1ccccc1. The van der Waals surface area contributed by atoms with Gasteiger partial charge in [-0.1, -0.05) is 0 Å². The Morgan fingerprint density at radius 1 is 1.14 bits per heavy atom. The van der Waals surface area contributed by atoms with Gasteiger partial charge in [0.2, 0.25) is 0 Å². The normalized spacial score (nSPS) is 14.7. The van der Waals surface area contributed by atoms with Crippen LogP contribution in [0.5, 0.6) is 0 Å². The molecule has 0 radical (unpaired) electrons. The number of unbranched alkanes of at least 4 members (excludes halogenated alkanes) is 1. The van der Waals surface area contributed by atoms with Gasteiger partial charge in [-0.05, 0) is 0 Å². The number of amides is 3. The number of hydrogen-bond donors (Lipinski definition) is 0. The molecule has 1 heterocycles. The first-order valence-electron chi connectivity index (χ1n) is 8.05. The Hall–Kier alpha value is -1.32. The van der Waals surface area contributed by atoms with Gasteiger partial charge in [0.25, 0.3) is 0 Å². The van der Waals surface area contributed by atoms with E-state index in [4.69, 9.17) is 0 Å². The van der Waals surface area contributed by atoms with Crippen LogP contribution >= 0.6 is 0 Å². The van der Waals surface area contributed by atoms with Crippen LogP contribution < -0.4 is 4.90 Å². The molecule has 1 aromatic carbocycles. The van der Waals surface area contributed by atoms with E-state index in [1.54, 1.807) is 0 Å². The van der Waals surface area contributed by atoms with E-state index < -0.39 is 0 Å². The number of para-hydroxylation sites is 1. The van der Waals surface area contributed by atoms with E-state index in [2.05, 4.69) is 6.92 Å². The Labute approximate surface area is 139 Å². The van der Waals surface area contributed by atoms with Crippen LogP contribution in [0.25, 0.3) is 0 Å². The van der Waals surface area contributed by atoms with E-state index in [-0.39, 0.29) is 25.8 Å². The number of imide groups is 1. The zero-order chi connectivity index (χ0) is 15.8. The van der Waals surface area contributed by atoms with Gasteiger partial charge < -0.3 is 0 Å². The van der Waals surface area contributed by atoms with Crippen molar-refractivity contribution in [2.45, 2.75) is 44.3 Å². The van der Waals surface area contributed by atoms with Crippen molar-refractivity contribution in [2.24, 2.45) is 0 Å². The number of carbonyl (C=O) groups excluding carboxylic acids is 2. The summed E-state index contributed by atoms with van der Waals surface area (Å²) in [5.41, 5.74) is 0.696. The fraction of sp³-hybridized carbons (Fsp3) is 0.529. The molecule has 1 aliphatic heterocycles. The number of benzene rings is 1. The molecule has 1 aromatic rings. The molecule has 2 rings (SSSR count). The van der Waals surface area contributed by atoms with Gasteiger partial charge in [-0.15, -0.1) is 0 Å². The summed E-state index contributed by atoms with van der Waals surface area (Å²) in [4.78, 5) is 28.6. The van der Waals surface area contributed by atoms with Crippen molar-refractivity contribution in [1.82, 2.24) is 4.90 Å². The van der Waals surface area contributed by atoms with Crippen LogP contribution in [0.1, 0.15) is 39.0 Å². The third-order valence-corrected chi connectivity index (χ3v) is 5.67. The molecule has 120 valence electrons. The second kappa shape index (κ2) is 8.96. The molecule has 0 aliphatic carbocycles. The van der Waals surface area contributed by atoms with Gasteiger partial charge >= 0.3 is 139 Å². The second-order valence-electron chi connectivity index (χ2n) is 5.47. The molecule has 5 heteroatoms. The first-order chi connectivity index (χ1) is 10.7. The van der Waals surface area contributed by atoms with Crippen LogP contribution in [-0.4, -0.2) is 43.8 Å². The van der Waals surface area contributed by atoms with Gasteiger partial charge in [-0.2, -0.15) is 0 Å². The minimum atomic E-state index is -0.169. The monoisotopic (exact) mass is 368 g/mol. The summed E-state index contributed by atoms with van der Waals surface area (Å²) < 4.78 is 0. The number of anilines is 1. The van der Waals surface area contributed by atoms with E-state index in [1.165, 1.54) is 11.3 Å². The first-order valence-corrected chi connectivity index (χ1v) is 10.1. The molecule has 22 heavy (non-hydrogen) atoms. The molecule has 0 bridgehead atoms. The molecule has 4 nitrogen and oxygen atoms in total. The van der Waals surface area contributed by atoms with Crippen molar-refractivity contribution in [3.8, 4) is 0 Å². The van der Waals surface area contributed by atoms with Gasteiger partial charge in [0.15, 0.2) is 0 Å². The number of likely N-dealkylation sites (tertiary alicyclic amines) is 1. The number of urea groups is 1. The Morgan fingerprint density at radius 3 is 2.45 bits per heavy atom. The van der Waals surface area contributed by atoms with E-state index >= 15 is 0 Å². The van der Waals surface area contributed by atoms with E-state index in [0.717, 1.165) is 44.1 Å². The maximum absolute atomic E-state index is 12.8. The predicted molar refractivity (Wildman–Crippen MR) is 90.6 cm³/mol. The zero-order valence-electron chi connectivity index (χ0n) is 13.2. The van der Waals surface area contributed by atoms with Crippen molar-refractivity contribution in [1.29, 1.82) is 0 Å². The van der Waals surface area contributed by atoms with E-state index in [0.29, 0.717) is 5.69 Å². The molecule has 0 spiro atoms. The molecule has 3 amide bonds. The average Bonchev–Trinajstić information content (AvgIpc) is 2.57. The fourth-order valence-electron chi connectivity index (χ4n) is 2.47. The summed E-state index contributed by atoms with van der Waals surface area (Å²) in [5, 5.41) is 0.902. The standard InChI is InChI=1S/C17H24N2O2Se/c1-2-3-14-22-17(21)19(15-10-6-4-7-11-15)16(20)18-12-8-5-9-13-18/h4,6-7,10-11H,2-3,5,8-9,12-14H2,1H3. The second-order valence-corrected chi connectivity index (χ2v) is 7.66. The van der Waals surface area contributed by atoms with Crippen molar-refractivity contribution >= 4 is 31.5 Å². The quantitative estimate of drug-likeness (QED) is 0.580. The third-order valence-electron chi connectivity index (χ3n) is 3.74. The molecule has 0 aromatic heterocycles. The molecule has 1 fully saturated rings. The summed E-state index contributed by atoms with van der Waals surface area (Å²) in [5.74, 6) is 0. The van der Waals surface area contributed by atoms with Crippen molar-refractivity contribution in [3.63, 3.8) is 0 Å². The molecular weight excluding hydrogens is 343 g/mol. The maximum atomic E-state index is 12.8. The molecule has 1 saturated heterocycles. The van der Waals surface area contributed by atoms with E-state index in [9.17, 15) is 9.59 Å². The summed E-state index contributed by atoms with van der Waals surface area (Å²) in [6.07, 6.45) is 5.36. The Balaban J connectivity index is 2.13. The summed E-state index contributed by atoms with van der Waals surface area (Å²) in [6.45, 7) is 3.64. The fourth-order valence-corrected chi connectivity index (χ4v) is 4.40. The summed E-state index contributed by atoms with van der Waals surface area (Å²) in [7, 11) is 0. The number of hydrogen-bond acceptors (Lipinski definition) is 2. The van der Waals surface area contributed by atoms with E-state index in [1.807, 2.05) is 35.2 Å². The number of piperidine rings is 1. The molecule has 1 aliphatic rings. The van der Waals surface area contributed by atoms with Crippen LogP contribution in [0.3, 0.4) is 0 Å². The molecule has 0 saturated carbocycles. The molecule has 0 unspecified atom stereocenters. The molecule has 0 N–H and O–H groups in total. The van der Waals surface area contributed by atoms with Gasteiger partial charge in [0, 0.05) is 0 Å². The van der Waals surface area contributed by atoms with Crippen LogP contribution in [0, 0.1) is 0 Å². The van der Waals surface area contributed by atoms with Crippen LogP contribution in [0.15, 0.2) is 30.3 Å². The van der Waals surface area contributed by atoms with Crippen LogP contribution in [0.4, 0.5) is 15.3 Å². The summed E-state index contributed by atoms with van der Waals surface area (Å²) in [6, 6.07) is 9.19. The number of rotatable bonds is 5. The van der Waals surface area contributed by atoms with Crippen molar-refractivity contribution in [3.05, 3.63) is 30.3 Å². The Kier molecular flexibility index (Phi) is 6.94. The molecular formula is C17H24N2O2Se. The van der Waals surface area contributed by atoms with Crippen LogP contribution in [0.2, 0.25) is 5.32 Å². The minimum absolute atomic E-state index is 0.0253. The number of nitrogens with zero attached hydrogens (tertiary/aromatic N) is 2. The number of carbonyl (C=O) groups is 2. The Morgan fingerprint density at radius 2 is 1.82 bits per heavy atom. The van der Waals surface area contributed by atoms with Crippen LogP contribution in [-0.2, 0) is 0 Å². The Bertz CT molecular complexity index is 487. The zero-order valence-corrected chi connectivity index (χ0v) is 14.9. The van der Waals surface area contributed by atoms with Crippen molar-refractivity contribution < 1.29 is 9.59 Å². The van der Waals surface area contributed by atoms with Crippen molar-refractivity contribution in [2.75, 3.05) is 18.0 Å². The first kappa shape index (κ1) is 17.0. The summed E-state index contributed by atoms with van der Waals surface area (Å²) >= 11 is -0.169.